The molecule has 1 aliphatic heterocycles. The van der Waals surface area contributed by atoms with Crippen LogP contribution in [0.2, 0.25) is 0 Å². The summed E-state index contributed by atoms with van der Waals surface area (Å²) in [5.74, 6) is -1.05. The highest BCUT2D eigenvalue weighted by Crippen LogP contribution is 2.34. The van der Waals surface area contributed by atoms with Crippen LogP contribution in [0.3, 0.4) is 0 Å². The lowest BCUT2D eigenvalue weighted by atomic mass is 10.0. The third kappa shape index (κ3) is 3.56. The largest absolute Gasteiger partial charge is 0.481 e. The monoisotopic (exact) mass is 341 g/mol. The normalized spacial score (nSPS) is 16.3. The Morgan fingerprint density at radius 2 is 1.83 bits per heavy atom. The molecule has 1 N–H and O–H groups in total. The van der Waals surface area contributed by atoms with E-state index in [-0.39, 0.29) is 5.92 Å². The van der Waals surface area contributed by atoms with Gasteiger partial charge in [0.25, 0.3) is 0 Å². The maximum absolute atomic E-state index is 12.6. The SMILES string of the molecule is O=C(O)C1CN(Cc2ccc(-c3ccc(C(F)(F)F)cc3)s2)C1. The van der Waals surface area contributed by atoms with Crippen molar-refractivity contribution in [3.8, 4) is 10.4 Å². The van der Waals surface area contributed by atoms with Crippen molar-refractivity contribution in [3.05, 3.63) is 46.8 Å². The number of hydrogen-bond donors (Lipinski definition) is 1. The number of benzene rings is 1. The van der Waals surface area contributed by atoms with Crippen LogP contribution in [0.5, 0.6) is 0 Å². The summed E-state index contributed by atoms with van der Waals surface area (Å²) in [5.41, 5.74) is 0.0968. The number of carboxylic acid groups (broad SMARTS) is 1. The van der Waals surface area contributed by atoms with Crippen molar-refractivity contribution >= 4 is 17.3 Å². The van der Waals surface area contributed by atoms with E-state index >= 15 is 0 Å². The second-order valence-corrected chi connectivity index (χ2v) is 6.74. The highest BCUT2D eigenvalue weighted by Gasteiger charge is 2.32. The summed E-state index contributed by atoms with van der Waals surface area (Å²) in [4.78, 5) is 14.8. The fourth-order valence-corrected chi connectivity index (χ4v) is 3.57. The summed E-state index contributed by atoms with van der Waals surface area (Å²) in [7, 11) is 0. The molecule has 3 nitrogen and oxygen atoms in total. The Balaban J connectivity index is 1.64. The minimum atomic E-state index is -4.32. The quantitative estimate of drug-likeness (QED) is 0.915. The summed E-state index contributed by atoms with van der Waals surface area (Å²) in [6.45, 7) is 1.76. The molecule has 122 valence electrons. The van der Waals surface area contributed by atoms with Gasteiger partial charge in [0.2, 0.25) is 0 Å². The minimum Gasteiger partial charge on any atom is -0.481 e. The molecule has 1 fully saturated rings. The second kappa shape index (κ2) is 5.98. The van der Waals surface area contributed by atoms with Crippen molar-refractivity contribution in [1.29, 1.82) is 0 Å². The zero-order chi connectivity index (χ0) is 16.6. The van der Waals surface area contributed by atoms with Crippen LogP contribution in [0.15, 0.2) is 36.4 Å². The van der Waals surface area contributed by atoms with E-state index < -0.39 is 17.7 Å². The van der Waals surface area contributed by atoms with Gasteiger partial charge in [0.15, 0.2) is 0 Å². The number of aliphatic carboxylic acids is 1. The maximum atomic E-state index is 12.6. The molecule has 0 spiro atoms. The molecule has 1 aromatic heterocycles. The lowest BCUT2D eigenvalue weighted by Crippen LogP contribution is -2.49. The second-order valence-electron chi connectivity index (χ2n) is 5.57. The van der Waals surface area contributed by atoms with E-state index in [1.807, 2.05) is 17.0 Å². The fraction of sp³-hybridized carbons (Fsp3) is 0.312. The number of halogens is 3. The van der Waals surface area contributed by atoms with Crippen LogP contribution < -0.4 is 0 Å². The maximum Gasteiger partial charge on any atom is 0.416 e. The first-order chi connectivity index (χ1) is 10.8. The van der Waals surface area contributed by atoms with Crippen molar-refractivity contribution in [3.63, 3.8) is 0 Å². The third-order valence-corrected chi connectivity index (χ3v) is 4.96. The van der Waals surface area contributed by atoms with Crippen LogP contribution >= 0.6 is 11.3 Å². The topological polar surface area (TPSA) is 40.5 Å². The first-order valence-electron chi connectivity index (χ1n) is 7.04. The third-order valence-electron chi connectivity index (χ3n) is 3.84. The average Bonchev–Trinajstić information content (AvgIpc) is 2.90. The number of nitrogens with zero attached hydrogens (tertiary/aromatic N) is 1. The van der Waals surface area contributed by atoms with Gasteiger partial charge in [-0.25, -0.2) is 0 Å². The first-order valence-corrected chi connectivity index (χ1v) is 7.86. The molecule has 3 rings (SSSR count). The van der Waals surface area contributed by atoms with Crippen molar-refractivity contribution < 1.29 is 23.1 Å². The number of carboxylic acids is 1. The van der Waals surface area contributed by atoms with Crippen molar-refractivity contribution in [2.45, 2.75) is 12.7 Å². The van der Waals surface area contributed by atoms with Crippen molar-refractivity contribution in [2.24, 2.45) is 5.92 Å². The van der Waals surface area contributed by atoms with Gasteiger partial charge in [-0.2, -0.15) is 13.2 Å². The summed E-state index contributed by atoms with van der Waals surface area (Å²) in [5, 5.41) is 8.85. The summed E-state index contributed by atoms with van der Waals surface area (Å²) < 4.78 is 37.7. The standard InChI is InChI=1S/C16H14F3NO2S/c17-16(18,19)12-3-1-10(2-4-12)14-6-5-13(23-14)9-20-7-11(8-20)15(21)22/h1-6,11H,7-9H2,(H,21,22). The van der Waals surface area contributed by atoms with E-state index in [1.165, 1.54) is 23.5 Å². The number of carbonyl (C=O) groups is 1. The Bertz CT molecular complexity index is 703. The molecule has 7 heteroatoms. The van der Waals surface area contributed by atoms with E-state index in [1.54, 1.807) is 0 Å². The highest BCUT2D eigenvalue weighted by atomic mass is 32.1. The number of likely N-dealkylation sites (tertiary alicyclic amines) is 1. The van der Waals surface area contributed by atoms with Gasteiger partial charge in [-0.3, -0.25) is 9.69 Å². The first kappa shape index (κ1) is 16.0. The molecular formula is C16H14F3NO2S. The van der Waals surface area contributed by atoms with Crippen molar-refractivity contribution in [1.82, 2.24) is 4.90 Å². The van der Waals surface area contributed by atoms with Gasteiger partial charge in [-0.15, -0.1) is 11.3 Å². The van der Waals surface area contributed by atoms with Crippen LogP contribution in [0.1, 0.15) is 10.4 Å². The number of hydrogen-bond acceptors (Lipinski definition) is 3. The molecule has 23 heavy (non-hydrogen) atoms. The van der Waals surface area contributed by atoms with E-state index in [0.717, 1.165) is 27.5 Å². The summed E-state index contributed by atoms with van der Waals surface area (Å²) >= 11 is 1.52. The number of alkyl halides is 3. The zero-order valence-electron chi connectivity index (χ0n) is 12.0. The number of rotatable bonds is 4. The van der Waals surface area contributed by atoms with Crippen LogP contribution in [-0.4, -0.2) is 29.1 Å². The Hall–Kier alpha value is -1.86. The summed E-state index contributed by atoms with van der Waals surface area (Å²) in [6.07, 6.45) is -4.32. The Labute approximate surface area is 135 Å². The van der Waals surface area contributed by atoms with Crippen LogP contribution in [0, 0.1) is 5.92 Å². The molecule has 0 aliphatic carbocycles. The fourth-order valence-electron chi connectivity index (χ4n) is 2.52. The predicted octanol–water partition coefficient (Wildman–Crippen LogP) is 3.95. The van der Waals surface area contributed by atoms with E-state index in [2.05, 4.69) is 0 Å². The van der Waals surface area contributed by atoms with Crippen molar-refractivity contribution in [2.75, 3.05) is 13.1 Å². The van der Waals surface area contributed by atoms with Gasteiger partial charge >= 0.3 is 12.1 Å². The lowest BCUT2D eigenvalue weighted by molar-refractivity contribution is -0.147. The van der Waals surface area contributed by atoms with Gasteiger partial charge in [0, 0.05) is 29.4 Å². The van der Waals surface area contributed by atoms with E-state index in [0.29, 0.717) is 19.6 Å². The van der Waals surface area contributed by atoms with Gasteiger partial charge in [0.1, 0.15) is 0 Å². The molecule has 0 saturated carbocycles. The molecule has 0 atom stereocenters. The zero-order valence-corrected chi connectivity index (χ0v) is 12.8. The van der Waals surface area contributed by atoms with Gasteiger partial charge < -0.3 is 5.11 Å². The molecule has 0 radical (unpaired) electrons. The Morgan fingerprint density at radius 3 is 2.39 bits per heavy atom. The van der Waals surface area contributed by atoms with Crippen LogP contribution in [-0.2, 0) is 17.5 Å². The predicted molar refractivity (Wildman–Crippen MR) is 81.2 cm³/mol. The lowest BCUT2D eigenvalue weighted by Gasteiger charge is -2.36. The molecule has 2 aromatic rings. The van der Waals surface area contributed by atoms with E-state index in [4.69, 9.17) is 5.11 Å². The smallest absolute Gasteiger partial charge is 0.416 e. The molecule has 2 heterocycles. The summed E-state index contributed by atoms with van der Waals surface area (Å²) in [6, 6.07) is 8.94. The molecule has 1 aliphatic rings. The van der Waals surface area contributed by atoms with Gasteiger partial charge in [-0.05, 0) is 29.8 Å². The Kier molecular flexibility index (Phi) is 4.16. The molecule has 1 aromatic carbocycles. The molecule has 0 amide bonds. The highest BCUT2D eigenvalue weighted by molar-refractivity contribution is 7.15. The molecule has 0 unspecified atom stereocenters. The van der Waals surface area contributed by atoms with E-state index in [9.17, 15) is 18.0 Å². The van der Waals surface area contributed by atoms with Crippen LogP contribution in [0.25, 0.3) is 10.4 Å². The Morgan fingerprint density at radius 1 is 1.17 bits per heavy atom. The minimum absolute atomic E-state index is 0.288. The molecule has 0 bridgehead atoms. The van der Waals surface area contributed by atoms with Gasteiger partial charge in [0.05, 0.1) is 11.5 Å². The van der Waals surface area contributed by atoms with Crippen LogP contribution in [0.4, 0.5) is 13.2 Å². The molecular weight excluding hydrogens is 327 g/mol. The average molecular weight is 341 g/mol. The number of thiophene rings is 1. The molecule has 1 saturated heterocycles. The van der Waals surface area contributed by atoms with Gasteiger partial charge in [-0.1, -0.05) is 12.1 Å².